The zero-order valence-electron chi connectivity index (χ0n) is 14.0. The van der Waals surface area contributed by atoms with Gasteiger partial charge in [-0.1, -0.05) is 19.3 Å². The Kier molecular flexibility index (Phi) is 4.11. The fourth-order valence-electron chi connectivity index (χ4n) is 5.33. The highest BCUT2D eigenvalue weighted by molar-refractivity contribution is 7.13. The number of aromatic nitrogens is 1. The number of hydrogen-bond donors (Lipinski definition) is 1. The highest BCUT2D eigenvalue weighted by Crippen LogP contribution is 2.60. The molecule has 1 N–H and O–H groups in total. The predicted octanol–water partition coefficient (Wildman–Crippen LogP) is 3.40. The first-order valence-electron chi connectivity index (χ1n) is 8.91. The van der Waals surface area contributed by atoms with E-state index in [4.69, 9.17) is 0 Å². The molecule has 0 saturated heterocycles. The minimum Gasteiger partial charge on any atom is -0.469 e. The minimum absolute atomic E-state index is 0.153. The quantitative estimate of drug-likeness (QED) is 0.847. The van der Waals surface area contributed by atoms with E-state index in [0.29, 0.717) is 10.8 Å². The molecule has 0 aliphatic heterocycles. The summed E-state index contributed by atoms with van der Waals surface area (Å²) in [6.07, 6.45) is 8.58. The Bertz CT molecular complexity index is 654. The average Bonchev–Trinajstić information content (AvgIpc) is 3.05. The number of nitrogens with zero attached hydrogens (tertiary/aromatic N) is 1. The van der Waals surface area contributed by atoms with Crippen LogP contribution in [0.1, 0.15) is 50.6 Å². The standard InChI is InChI=1S/C18H24N2O3S/c1-23-15(21)6-14-10-24-17(19-14)20-16(22)18-7-11-3-2-4-12(8-18)13(5-11)9-18/h10-13H,2-9H2,1H3,(H,19,20,22). The van der Waals surface area contributed by atoms with Gasteiger partial charge in [0.1, 0.15) is 0 Å². The third-order valence-electron chi connectivity index (χ3n) is 6.28. The lowest BCUT2D eigenvalue weighted by Crippen LogP contribution is -2.38. The first-order valence-corrected chi connectivity index (χ1v) is 9.78. The Morgan fingerprint density at radius 3 is 3.00 bits per heavy atom. The van der Waals surface area contributed by atoms with E-state index in [1.54, 1.807) is 0 Å². The van der Waals surface area contributed by atoms with Crippen molar-refractivity contribution in [1.82, 2.24) is 4.98 Å². The Hall–Kier alpha value is -1.43. The first-order chi connectivity index (χ1) is 11.6. The number of carbonyl (C=O) groups is 2. The van der Waals surface area contributed by atoms with E-state index in [0.717, 1.165) is 37.0 Å². The van der Waals surface area contributed by atoms with E-state index in [-0.39, 0.29) is 23.7 Å². The molecule has 3 fully saturated rings. The van der Waals surface area contributed by atoms with Crippen molar-refractivity contribution in [2.45, 2.75) is 51.4 Å². The smallest absolute Gasteiger partial charge is 0.311 e. The minimum atomic E-state index is -0.310. The molecule has 130 valence electrons. The predicted molar refractivity (Wildman–Crippen MR) is 91.7 cm³/mol. The molecule has 1 aromatic rings. The summed E-state index contributed by atoms with van der Waals surface area (Å²) in [5.74, 6) is 2.07. The third kappa shape index (κ3) is 2.85. The van der Waals surface area contributed by atoms with Crippen molar-refractivity contribution in [3.05, 3.63) is 11.1 Å². The van der Waals surface area contributed by atoms with Crippen LogP contribution < -0.4 is 5.32 Å². The van der Waals surface area contributed by atoms with Gasteiger partial charge in [-0.05, 0) is 43.4 Å². The van der Waals surface area contributed by atoms with Crippen LogP contribution in [0.5, 0.6) is 0 Å². The Morgan fingerprint density at radius 2 is 2.17 bits per heavy atom. The van der Waals surface area contributed by atoms with Gasteiger partial charge in [0.05, 0.1) is 24.6 Å². The fraction of sp³-hybridized carbons (Fsp3) is 0.722. The second-order valence-electron chi connectivity index (χ2n) is 7.80. The van der Waals surface area contributed by atoms with Gasteiger partial charge in [0.25, 0.3) is 0 Å². The number of fused-ring (bicyclic) bond motifs is 2. The van der Waals surface area contributed by atoms with Gasteiger partial charge < -0.3 is 10.1 Å². The van der Waals surface area contributed by atoms with E-state index in [1.165, 1.54) is 44.1 Å². The van der Waals surface area contributed by atoms with E-state index >= 15 is 0 Å². The number of anilines is 1. The van der Waals surface area contributed by atoms with Crippen LogP contribution in [-0.2, 0) is 20.7 Å². The molecule has 0 radical (unpaired) electrons. The van der Waals surface area contributed by atoms with Crippen molar-refractivity contribution in [2.24, 2.45) is 23.2 Å². The maximum absolute atomic E-state index is 13.0. The number of amides is 1. The first kappa shape index (κ1) is 16.1. The summed E-state index contributed by atoms with van der Waals surface area (Å²) >= 11 is 1.39. The Balaban J connectivity index is 1.46. The second kappa shape index (κ2) is 6.14. The molecular formula is C18H24N2O3S. The lowest BCUT2D eigenvalue weighted by atomic mass is 9.69. The maximum atomic E-state index is 13.0. The van der Waals surface area contributed by atoms with Crippen LogP contribution in [0.3, 0.4) is 0 Å². The van der Waals surface area contributed by atoms with Gasteiger partial charge in [0.2, 0.25) is 5.91 Å². The Labute approximate surface area is 146 Å². The van der Waals surface area contributed by atoms with Gasteiger partial charge in [-0.15, -0.1) is 11.3 Å². The number of esters is 1. The maximum Gasteiger partial charge on any atom is 0.311 e. The van der Waals surface area contributed by atoms with E-state index in [2.05, 4.69) is 15.0 Å². The van der Waals surface area contributed by atoms with Gasteiger partial charge in [-0.2, -0.15) is 0 Å². The lowest BCUT2D eigenvalue weighted by Gasteiger charge is -2.36. The number of ether oxygens (including phenoxy) is 1. The van der Waals surface area contributed by atoms with Crippen molar-refractivity contribution in [2.75, 3.05) is 12.4 Å². The highest BCUT2D eigenvalue weighted by atomic mass is 32.1. The van der Waals surface area contributed by atoms with Crippen LogP contribution >= 0.6 is 11.3 Å². The van der Waals surface area contributed by atoms with E-state index in [1.807, 2.05) is 5.38 Å². The van der Waals surface area contributed by atoms with Crippen LogP contribution in [0.15, 0.2) is 5.38 Å². The molecule has 1 aromatic heterocycles. The molecule has 1 amide bonds. The second-order valence-corrected chi connectivity index (χ2v) is 8.65. The monoisotopic (exact) mass is 348 g/mol. The molecular weight excluding hydrogens is 324 g/mol. The number of nitrogens with one attached hydrogen (secondary N) is 1. The molecule has 3 aliphatic carbocycles. The molecule has 3 bridgehead atoms. The van der Waals surface area contributed by atoms with Crippen molar-refractivity contribution in [3.8, 4) is 0 Å². The highest BCUT2D eigenvalue weighted by Gasteiger charge is 2.55. The average molecular weight is 348 g/mol. The number of rotatable bonds is 4. The molecule has 6 heteroatoms. The van der Waals surface area contributed by atoms with Gasteiger partial charge >= 0.3 is 5.97 Å². The van der Waals surface area contributed by atoms with Crippen molar-refractivity contribution < 1.29 is 14.3 Å². The summed E-state index contributed by atoms with van der Waals surface area (Å²) in [5, 5.41) is 5.47. The van der Waals surface area contributed by atoms with Crippen LogP contribution in [0, 0.1) is 23.2 Å². The van der Waals surface area contributed by atoms with Gasteiger partial charge in [0, 0.05) is 5.38 Å². The summed E-state index contributed by atoms with van der Waals surface area (Å²) in [5.41, 5.74) is 0.483. The number of carbonyl (C=O) groups excluding carboxylic acids is 2. The molecule has 4 atom stereocenters. The number of hydrogen-bond acceptors (Lipinski definition) is 5. The summed E-state index contributed by atoms with van der Waals surface area (Å²) in [6.45, 7) is 0. The van der Waals surface area contributed by atoms with Crippen molar-refractivity contribution in [3.63, 3.8) is 0 Å². The van der Waals surface area contributed by atoms with Gasteiger partial charge in [-0.3, -0.25) is 9.59 Å². The molecule has 4 rings (SSSR count). The van der Waals surface area contributed by atoms with Gasteiger partial charge in [0.15, 0.2) is 5.13 Å². The SMILES string of the molecule is COC(=O)Cc1csc(NC(=O)C23CC4CCCC(C2)C(C4)C3)n1. The van der Waals surface area contributed by atoms with Crippen molar-refractivity contribution >= 4 is 28.3 Å². The Morgan fingerprint density at radius 1 is 1.33 bits per heavy atom. The molecule has 1 heterocycles. The summed E-state index contributed by atoms with van der Waals surface area (Å²) in [4.78, 5) is 28.7. The summed E-state index contributed by atoms with van der Waals surface area (Å²) in [7, 11) is 1.37. The van der Waals surface area contributed by atoms with E-state index < -0.39 is 0 Å². The fourth-order valence-corrected chi connectivity index (χ4v) is 6.03. The van der Waals surface area contributed by atoms with Crippen LogP contribution in [-0.4, -0.2) is 24.0 Å². The summed E-state index contributed by atoms with van der Waals surface area (Å²) in [6, 6.07) is 0. The van der Waals surface area contributed by atoms with Crippen LogP contribution in [0.25, 0.3) is 0 Å². The molecule has 4 unspecified atom stereocenters. The zero-order valence-corrected chi connectivity index (χ0v) is 14.9. The zero-order chi connectivity index (χ0) is 16.7. The third-order valence-corrected chi connectivity index (χ3v) is 7.09. The lowest BCUT2D eigenvalue weighted by molar-refractivity contribution is -0.139. The summed E-state index contributed by atoms with van der Waals surface area (Å²) < 4.78 is 4.66. The topological polar surface area (TPSA) is 68.3 Å². The largest absolute Gasteiger partial charge is 0.469 e. The van der Waals surface area contributed by atoms with Crippen LogP contribution in [0.2, 0.25) is 0 Å². The van der Waals surface area contributed by atoms with Crippen LogP contribution in [0.4, 0.5) is 5.13 Å². The molecule has 0 aromatic carbocycles. The number of thiazole rings is 1. The molecule has 3 aliphatic rings. The normalized spacial score (nSPS) is 34.0. The number of methoxy groups -OCH3 is 1. The van der Waals surface area contributed by atoms with Crippen molar-refractivity contribution in [1.29, 1.82) is 0 Å². The molecule has 5 nitrogen and oxygen atoms in total. The molecule has 3 saturated carbocycles. The van der Waals surface area contributed by atoms with Gasteiger partial charge in [-0.25, -0.2) is 4.98 Å². The molecule has 24 heavy (non-hydrogen) atoms. The van der Waals surface area contributed by atoms with E-state index in [9.17, 15) is 9.59 Å². The molecule has 0 spiro atoms.